The van der Waals surface area contributed by atoms with Crippen LogP contribution in [-0.4, -0.2) is 36.1 Å². The van der Waals surface area contributed by atoms with Gasteiger partial charge in [0.1, 0.15) is 10.7 Å². The highest BCUT2D eigenvalue weighted by atomic mass is 32.1. The third-order valence-corrected chi connectivity index (χ3v) is 5.77. The molecule has 4 rings (SSSR count). The summed E-state index contributed by atoms with van der Waals surface area (Å²) in [5.41, 5.74) is 2.15. The average molecular weight is 430 g/mol. The molecule has 1 fully saturated rings. The number of rotatable bonds is 3. The van der Waals surface area contributed by atoms with Crippen LogP contribution in [0.5, 0.6) is 0 Å². The summed E-state index contributed by atoms with van der Waals surface area (Å²) in [6, 6.07) is 16.8. The van der Waals surface area contributed by atoms with Crippen LogP contribution in [0.2, 0.25) is 0 Å². The molecule has 7 heteroatoms. The molecule has 0 saturated carbocycles. The van der Waals surface area contributed by atoms with E-state index in [0.717, 1.165) is 38.3 Å². The van der Waals surface area contributed by atoms with E-state index in [9.17, 15) is 13.2 Å². The van der Waals surface area contributed by atoms with Crippen LogP contribution >= 0.6 is 12.2 Å². The minimum atomic E-state index is -4.39. The molecule has 1 saturated heterocycles. The van der Waals surface area contributed by atoms with E-state index in [1.165, 1.54) is 17.3 Å². The standard InChI is InChI=1S/C23H21F3N2OS/c1-16-5-2-3-8-19(16)27-11-13-28(14-12-27)22(30)21-10-9-20(29-21)17-6-4-7-18(15-17)23(24,25)26/h2-10,15H,11-14H2,1H3. The van der Waals surface area contributed by atoms with Crippen molar-refractivity contribution in [2.24, 2.45) is 0 Å². The third-order valence-electron chi connectivity index (χ3n) is 5.31. The monoisotopic (exact) mass is 430 g/mol. The van der Waals surface area contributed by atoms with Crippen LogP contribution in [0, 0.1) is 6.92 Å². The van der Waals surface area contributed by atoms with Crippen molar-refractivity contribution in [1.82, 2.24) is 4.90 Å². The summed E-state index contributed by atoms with van der Waals surface area (Å²) >= 11 is 5.60. The second kappa shape index (κ2) is 8.14. The normalized spacial score (nSPS) is 14.8. The Hall–Kier alpha value is -2.80. The molecule has 0 radical (unpaired) electrons. The smallest absolute Gasteiger partial charge is 0.416 e. The molecule has 3 nitrogen and oxygen atoms in total. The molecular weight excluding hydrogens is 409 g/mol. The lowest BCUT2D eigenvalue weighted by Crippen LogP contribution is -2.48. The molecule has 30 heavy (non-hydrogen) atoms. The predicted molar refractivity (Wildman–Crippen MR) is 116 cm³/mol. The highest BCUT2D eigenvalue weighted by Gasteiger charge is 2.30. The summed E-state index contributed by atoms with van der Waals surface area (Å²) in [6.07, 6.45) is -4.39. The van der Waals surface area contributed by atoms with Crippen LogP contribution < -0.4 is 4.90 Å². The van der Waals surface area contributed by atoms with Gasteiger partial charge < -0.3 is 14.2 Å². The van der Waals surface area contributed by atoms with Gasteiger partial charge in [-0.1, -0.05) is 42.5 Å². The van der Waals surface area contributed by atoms with E-state index in [2.05, 4.69) is 28.9 Å². The van der Waals surface area contributed by atoms with Gasteiger partial charge in [0.05, 0.1) is 5.56 Å². The molecule has 0 amide bonds. The molecule has 2 heterocycles. The number of halogens is 3. The summed E-state index contributed by atoms with van der Waals surface area (Å²) in [5, 5.41) is 0. The number of alkyl halides is 3. The molecule has 3 aromatic rings. The maximum atomic E-state index is 13.0. The van der Waals surface area contributed by atoms with E-state index >= 15 is 0 Å². The Morgan fingerprint density at radius 1 is 0.933 bits per heavy atom. The van der Waals surface area contributed by atoms with Crippen LogP contribution in [-0.2, 0) is 6.18 Å². The van der Waals surface area contributed by atoms with Crippen molar-refractivity contribution in [3.05, 3.63) is 77.6 Å². The zero-order valence-corrected chi connectivity index (χ0v) is 17.3. The van der Waals surface area contributed by atoms with Crippen molar-refractivity contribution in [1.29, 1.82) is 0 Å². The molecule has 2 aromatic carbocycles. The molecular formula is C23H21F3N2OS. The Kier molecular flexibility index (Phi) is 5.56. The van der Waals surface area contributed by atoms with Gasteiger partial charge in [0.2, 0.25) is 0 Å². The minimum absolute atomic E-state index is 0.372. The van der Waals surface area contributed by atoms with Gasteiger partial charge in [0, 0.05) is 37.4 Å². The number of hydrogen-bond donors (Lipinski definition) is 0. The highest BCUT2D eigenvalue weighted by molar-refractivity contribution is 7.80. The molecule has 1 aliphatic heterocycles. The maximum Gasteiger partial charge on any atom is 0.416 e. The zero-order chi connectivity index (χ0) is 21.3. The fourth-order valence-corrected chi connectivity index (χ4v) is 3.97. The topological polar surface area (TPSA) is 19.6 Å². The summed E-state index contributed by atoms with van der Waals surface area (Å²) < 4.78 is 44.8. The largest absolute Gasteiger partial charge is 0.454 e. The second-order valence-electron chi connectivity index (χ2n) is 7.31. The Morgan fingerprint density at radius 3 is 2.37 bits per heavy atom. The number of nitrogens with zero attached hydrogens (tertiary/aromatic N) is 2. The first-order valence-electron chi connectivity index (χ1n) is 9.70. The summed E-state index contributed by atoms with van der Waals surface area (Å²) in [5.74, 6) is 0.874. The first kappa shape index (κ1) is 20.5. The number of piperazine rings is 1. The van der Waals surface area contributed by atoms with E-state index < -0.39 is 11.7 Å². The van der Waals surface area contributed by atoms with E-state index in [0.29, 0.717) is 22.1 Å². The quantitative estimate of drug-likeness (QED) is 0.491. The molecule has 0 aliphatic carbocycles. The summed E-state index contributed by atoms with van der Waals surface area (Å²) in [7, 11) is 0. The van der Waals surface area contributed by atoms with Gasteiger partial charge in [0.15, 0.2) is 5.76 Å². The van der Waals surface area contributed by atoms with Crippen LogP contribution in [0.15, 0.2) is 65.1 Å². The van der Waals surface area contributed by atoms with E-state index in [1.807, 2.05) is 12.1 Å². The lowest BCUT2D eigenvalue weighted by molar-refractivity contribution is -0.137. The zero-order valence-electron chi connectivity index (χ0n) is 16.4. The molecule has 0 bridgehead atoms. The Bertz CT molecular complexity index is 1050. The molecule has 0 unspecified atom stereocenters. The Balaban J connectivity index is 1.45. The molecule has 1 aliphatic rings. The van der Waals surface area contributed by atoms with Gasteiger partial charge >= 0.3 is 6.18 Å². The summed E-state index contributed by atoms with van der Waals surface area (Å²) in [6.45, 7) is 5.29. The Morgan fingerprint density at radius 2 is 1.67 bits per heavy atom. The molecule has 0 N–H and O–H groups in total. The highest BCUT2D eigenvalue weighted by Crippen LogP contribution is 2.33. The van der Waals surface area contributed by atoms with Crippen LogP contribution in [0.3, 0.4) is 0 Å². The summed E-state index contributed by atoms with van der Waals surface area (Å²) in [4.78, 5) is 5.00. The van der Waals surface area contributed by atoms with Crippen LogP contribution in [0.4, 0.5) is 18.9 Å². The van der Waals surface area contributed by atoms with E-state index in [1.54, 1.807) is 18.2 Å². The van der Waals surface area contributed by atoms with Gasteiger partial charge in [-0.2, -0.15) is 13.2 Å². The minimum Gasteiger partial charge on any atom is -0.454 e. The number of furan rings is 1. The van der Waals surface area contributed by atoms with E-state index in [4.69, 9.17) is 16.6 Å². The van der Waals surface area contributed by atoms with Crippen molar-refractivity contribution < 1.29 is 17.6 Å². The first-order valence-corrected chi connectivity index (χ1v) is 10.1. The number of hydrogen-bond acceptors (Lipinski definition) is 3. The molecule has 156 valence electrons. The third kappa shape index (κ3) is 4.21. The fraction of sp³-hybridized carbons (Fsp3) is 0.261. The lowest BCUT2D eigenvalue weighted by Gasteiger charge is -2.37. The van der Waals surface area contributed by atoms with Gasteiger partial charge in [0.25, 0.3) is 0 Å². The molecule has 1 aromatic heterocycles. The van der Waals surface area contributed by atoms with Crippen molar-refractivity contribution in [3.63, 3.8) is 0 Å². The number of anilines is 1. The van der Waals surface area contributed by atoms with Gasteiger partial charge in [-0.3, -0.25) is 0 Å². The van der Waals surface area contributed by atoms with Crippen molar-refractivity contribution in [2.75, 3.05) is 31.1 Å². The molecule has 0 spiro atoms. The van der Waals surface area contributed by atoms with Crippen molar-refractivity contribution in [3.8, 4) is 11.3 Å². The maximum absolute atomic E-state index is 13.0. The van der Waals surface area contributed by atoms with Crippen molar-refractivity contribution in [2.45, 2.75) is 13.1 Å². The number of benzene rings is 2. The van der Waals surface area contributed by atoms with Gasteiger partial charge in [-0.15, -0.1) is 0 Å². The number of thiocarbonyl (C=S) groups is 1. The average Bonchev–Trinajstić information content (AvgIpc) is 3.24. The van der Waals surface area contributed by atoms with Gasteiger partial charge in [-0.25, -0.2) is 0 Å². The SMILES string of the molecule is Cc1ccccc1N1CCN(C(=S)c2ccc(-c3cccc(C(F)(F)F)c3)o2)CC1. The van der Waals surface area contributed by atoms with Gasteiger partial charge in [-0.05, 0) is 42.8 Å². The van der Waals surface area contributed by atoms with Crippen LogP contribution in [0.1, 0.15) is 16.9 Å². The fourth-order valence-electron chi connectivity index (χ4n) is 3.68. The van der Waals surface area contributed by atoms with Crippen LogP contribution in [0.25, 0.3) is 11.3 Å². The molecule has 0 atom stereocenters. The second-order valence-corrected chi connectivity index (χ2v) is 7.69. The number of para-hydroxylation sites is 1. The predicted octanol–water partition coefficient (Wildman–Crippen LogP) is 5.77. The van der Waals surface area contributed by atoms with Crippen molar-refractivity contribution >= 4 is 22.9 Å². The Labute approximate surface area is 178 Å². The van der Waals surface area contributed by atoms with E-state index in [-0.39, 0.29) is 0 Å². The lowest BCUT2D eigenvalue weighted by atomic mass is 10.1. The number of aryl methyl sites for hydroxylation is 1. The first-order chi connectivity index (χ1) is 14.3.